The van der Waals surface area contributed by atoms with Crippen molar-refractivity contribution in [3.05, 3.63) is 36.2 Å². The molecule has 2 rings (SSSR count). The van der Waals surface area contributed by atoms with Crippen molar-refractivity contribution in [1.82, 2.24) is 4.98 Å². The van der Waals surface area contributed by atoms with E-state index < -0.39 is 0 Å². The summed E-state index contributed by atoms with van der Waals surface area (Å²) in [5.74, 6) is -0.0567. The molecule has 76 valence electrons. The topological polar surface area (TPSA) is 42.0 Å². The minimum absolute atomic E-state index is 0.0567. The quantitative estimate of drug-likeness (QED) is 0.768. The highest BCUT2D eigenvalue weighted by Crippen LogP contribution is 2.24. The van der Waals surface area contributed by atoms with Crippen LogP contribution in [0.4, 0.5) is 5.69 Å². The summed E-state index contributed by atoms with van der Waals surface area (Å²) in [6.07, 6.45) is 3.52. The molecule has 0 spiro atoms. The van der Waals surface area contributed by atoms with Crippen molar-refractivity contribution in [1.29, 1.82) is 0 Å². The number of benzene rings is 1. The number of rotatable bonds is 1. The van der Waals surface area contributed by atoms with Gasteiger partial charge in [-0.25, -0.2) is 0 Å². The van der Waals surface area contributed by atoms with Crippen LogP contribution in [0, 0.1) is 6.92 Å². The molecule has 0 radical (unpaired) electrons. The normalized spacial score (nSPS) is 10.3. The highest BCUT2D eigenvalue weighted by molar-refractivity contribution is 6.01. The molecule has 1 amide bonds. The van der Waals surface area contributed by atoms with E-state index in [1.807, 2.05) is 25.1 Å². The molecular weight excluding hydrogens is 188 g/mol. The number of hydrogen-bond donors (Lipinski definition) is 1. The van der Waals surface area contributed by atoms with Crippen LogP contribution in [0.3, 0.4) is 0 Å². The second-order valence-electron chi connectivity index (χ2n) is 3.59. The molecule has 3 nitrogen and oxygen atoms in total. The average molecular weight is 200 g/mol. The molecule has 0 saturated heterocycles. The number of aromatic nitrogens is 1. The van der Waals surface area contributed by atoms with Crippen LogP contribution in [0.25, 0.3) is 10.8 Å². The molecule has 1 heterocycles. The zero-order valence-corrected chi connectivity index (χ0v) is 8.74. The van der Waals surface area contributed by atoms with Gasteiger partial charge in [-0.1, -0.05) is 0 Å². The third kappa shape index (κ3) is 1.96. The number of nitrogens with zero attached hydrogens (tertiary/aromatic N) is 1. The summed E-state index contributed by atoms with van der Waals surface area (Å²) in [5, 5.41) is 4.88. The Hall–Kier alpha value is -1.90. The van der Waals surface area contributed by atoms with Gasteiger partial charge in [0.15, 0.2) is 0 Å². The fraction of sp³-hybridized carbons (Fsp3) is 0.167. The van der Waals surface area contributed by atoms with Gasteiger partial charge in [0.2, 0.25) is 5.91 Å². The molecule has 0 aliphatic rings. The van der Waals surface area contributed by atoms with E-state index >= 15 is 0 Å². The first-order valence-electron chi connectivity index (χ1n) is 4.79. The summed E-state index contributed by atoms with van der Waals surface area (Å²) in [7, 11) is 0. The Balaban J connectivity index is 2.65. The second kappa shape index (κ2) is 3.69. The number of hydrogen-bond acceptors (Lipinski definition) is 2. The van der Waals surface area contributed by atoms with Crippen molar-refractivity contribution in [2.24, 2.45) is 0 Å². The molecule has 1 aromatic carbocycles. The lowest BCUT2D eigenvalue weighted by Crippen LogP contribution is -2.06. The van der Waals surface area contributed by atoms with E-state index in [4.69, 9.17) is 0 Å². The first-order chi connectivity index (χ1) is 7.16. The number of anilines is 1. The highest BCUT2D eigenvalue weighted by Gasteiger charge is 2.03. The Morgan fingerprint density at radius 3 is 2.93 bits per heavy atom. The summed E-state index contributed by atoms with van der Waals surface area (Å²) in [6.45, 7) is 3.51. The predicted octanol–water partition coefficient (Wildman–Crippen LogP) is 2.50. The van der Waals surface area contributed by atoms with Crippen molar-refractivity contribution in [3.63, 3.8) is 0 Å². The summed E-state index contributed by atoms with van der Waals surface area (Å²) >= 11 is 0. The minimum Gasteiger partial charge on any atom is -0.326 e. The van der Waals surface area contributed by atoms with Gasteiger partial charge < -0.3 is 5.32 Å². The van der Waals surface area contributed by atoms with Gasteiger partial charge in [0.1, 0.15) is 0 Å². The molecule has 0 atom stereocenters. The van der Waals surface area contributed by atoms with Crippen molar-refractivity contribution in [2.45, 2.75) is 13.8 Å². The number of amides is 1. The van der Waals surface area contributed by atoms with E-state index in [2.05, 4.69) is 10.3 Å². The van der Waals surface area contributed by atoms with Crippen LogP contribution in [0.2, 0.25) is 0 Å². The third-order valence-electron chi connectivity index (χ3n) is 2.21. The Kier molecular flexibility index (Phi) is 2.37. The van der Waals surface area contributed by atoms with Crippen LogP contribution in [0.15, 0.2) is 30.6 Å². The van der Waals surface area contributed by atoms with Crippen molar-refractivity contribution >= 4 is 22.4 Å². The molecular formula is C12H12N2O. The Morgan fingerprint density at radius 1 is 1.40 bits per heavy atom. The number of pyridine rings is 1. The SMILES string of the molecule is CC(=O)Nc1cc(C)cc2cnccc12. The maximum absolute atomic E-state index is 11.0. The van der Waals surface area contributed by atoms with Crippen LogP contribution in [0.1, 0.15) is 12.5 Å². The van der Waals surface area contributed by atoms with E-state index in [0.717, 1.165) is 22.0 Å². The molecule has 0 bridgehead atoms. The number of aryl methyl sites for hydroxylation is 1. The van der Waals surface area contributed by atoms with Crippen LogP contribution in [0.5, 0.6) is 0 Å². The van der Waals surface area contributed by atoms with E-state index in [0.29, 0.717) is 0 Å². The average Bonchev–Trinajstić information content (AvgIpc) is 2.16. The van der Waals surface area contributed by atoms with Gasteiger partial charge in [0, 0.05) is 35.8 Å². The van der Waals surface area contributed by atoms with E-state index in [1.54, 1.807) is 12.4 Å². The molecule has 3 heteroatoms. The lowest BCUT2D eigenvalue weighted by atomic mass is 10.1. The lowest BCUT2D eigenvalue weighted by Gasteiger charge is -2.07. The molecule has 15 heavy (non-hydrogen) atoms. The van der Waals surface area contributed by atoms with Crippen LogP contribution >= 0.6 is 0 Å². The molecule has 0 fully saturated rings. The Morgan fingerprint density at radius 2 is 2.20 bits per heavy atom. The maximum Gasteiger partial charge on any atom is 0.221 e. The Labute approximate surface area is 88.1 Å². The molecule has 2 aromatic rings. The predicted molar refractivity (Wildman–Crippen MR) is 60.8 cm³/mol. The third-order valence-corrected chi connectivity index (χ3v) is 2.21. The maximum atomic E-state index is 11.0. The zero-order valence-electron chi connectivity index (χ0n) is 8.74. The largest absolute Gasteiger partial charge is 0.326 e. The number of nitrogens with one attached hydrogen (secondary N) is 1. The van der Waals surface area contributed by atoms with Crippen molar-refractivity contribution in [3.8, 4) is 0 Å². The summed E-state index contributed by atoms with van der Waals surface area (Å²) < 4.78 is 0. The van der Waals surface area contributed by atoms with Crippen molar-refractivity contribution < 1.29 is 4.79 Å². The lowest BCUT2D eigenvalue weighted by molar-refractivity contribution is -0.114. The number of fused-ring (bicyclic) bond motifs is 1. The first kappa shape index (κ1) is 9.65. The number of carbonyl (C=O) groups excluding carboxylic acids is 1. The molecule has 0 saturated carbocycles. The number of carbonyl (C=O) groups is 1. The van der Waals surface area contributed by atoms with Gasteiger partial charge in [-0.05, 0) is 30.7 Å². The standard InChI is InChI=1S/C12H12N2O/c1-8-5-10-7-13-4-3-11(10)12(6-8)14-9(2)15/h3-7H,1-2H3,(H,14,15). The van der Waals surface area contributed by atoms with E-state index in [1.165, 1.54) is 6.92 Å². The fourth-order valence-corrected chi connectivity index (χ4v) is 1.65. The van der Waals surface area contributed by atoms with Crippen LogP contribution in [-0.4, -0.2) is 10.9 Å². The van der Waals surface area contributed by atoms with Gasteiger partial charge >= 0.3 is 0 Å². The molecule has 0 aliphatic heterocycles. The Bertz CT molecular complexity index is 520. The molecule has 1 aromatic heterocycles. The van der Waals surface area contributed by atoms with E-state index in [9.17, 15) is 4.79 Å². The van der Waals surface area contributed by atoms with Gasteiger partial charge in [-0.15, -0.1) is 0 Å². The van der Waals surface area contributed by atoms with Gasteiger partial charge in [-0.2, -0.15) is 0 Å². The van der Waals surface area contributed by atoms with Crippen molar-refractivity contribution in [2.75, 3.05) is 5.32 Å². The van der Waals surface area contributed by atoms with Gasteiger partial charge in [0.05, 0.1) is 0 Å². The summed E-state index contributed by atoms with van der Waals surface area (Å²) in [4.78, 5) is 15.1. The molecule has 1 N–H and O–H groups in total. The molecule has 0 unspecified atom stereocenters. The fourth-order valence-electron chi connectivity index (χ4n) is 1.65. The van der Waals surface area contributed by atoms with Crippen LogP contribution < -0.4 is 5.32 Å². The smallest absolute Gasteiger partial charge is 0.221 e. The van der Waals surface area contributed by atoms with Gasteiger partial charge in [0.25, 0.3) is 0 Å². The van der Waals surface area contributed by atoms with Gasteiger partial charge in [-0.3, -0.25) is 9.78 Å². The monoisotopic (exact) mass is 200 g/mol. The second-order valence-corrected chi connectivity index (χ2v) is 3.59. The minimum atomic E-state index is -0.0567. The first-order valence-corrected chi connectivity index (χ1v) is 4.79. The van der Waals surface area contributed by atoms with Crippen LogP contribution in [-0.2, 0) is 4.79 Å². The summed E-state index contributed by atoms with van der Waals surface area (Å²) in [5.41, 5.74) is 1.96. The molecule has 0 aliphatic carbocycles. The summed E-state index contributed by atoms with van der Waals surface area (Å²) in [6, 6.07) is 5.91. The highest BCUT2D eigenvalue weighted by atomic mass is 16.1. The van der Waals surface area contributed by atoms with E-state index in [-0.39, 0.29) is 5.91 Å². The zero-order chi connectivity index (χ0) is 10.8.